The molecule has 0 atom stereocenters. The molecule has 0 radical (unpaired) electrons. The molecule has 1 aromatic rings. The van der Waals surface area contributed by atoms with Gasteiger partial charge in [-0.05, 0) is 71.4 Å². The Morgan fingerprint density at radius 1 is 1.17 bits per heavy atom. The Hall–Kier alpha value is -1.56. The normalized spacial score (nSPS) is 12.6. The zero-order valence-electron chi connectivity index (χ0n) is 15.7. The SMILES string of the molecule is Cc1ccc(CN(C)C/C=C/C#CC(C)(C)C)cc1C(C)(C)O. The number of aryl methyl sites for hydroxylation is 1. The molecule has 0 amide bonds. The van der Waals surface area contributed by atoms with Crippen LogP contribution in [0.25, 0.3) is 0 Å². The largest absolute Gasteiger partial charge is 0.386 e. The van der Waals surface area contributed by atoms with Gasteiger partial charge in [-0.1, -0.05) is 36.1 Å². The van der Waals surface area contributed by atoms with Crippen LogP contribution in [-0.2, 0) is 12.1 Å². The molecule has 0 saturated carbocycles. The Balaban J connectivity index is 2.66. The number of hydrogen-bond donors (Lipinski definition) is 1. The molecule has 0 saturated heterocycles. The summed E-state index contributed by atoms with van der Waals surface area (Å²) in [6, 6.07) is 6.32. The number of nitrogens with zero attached hydrogens (tertiary/aromatic N) is 1. The van der Waals surface area contributed by atoms with Gasteiger partial charge in [0.25, 0.3) is 0 Å². The minimum absolute atomic E-state index is 0.0473. The second kappa shape index (κ2) is 7.81. The Bertz CT molecular complexity index is 603. The monoisotopic (exact) mass is 313 g/mol. The van der Waals surface area contributed by atoms with Gasteiger partial charge in [0.1, 0.15) is 0 Å². The standard InChI is InChI=1S/C21H31NO/c1-17-11-12-18(15-19(17)21(5,6)23)16-22(7)14-10-8-9-13-20(2,3)4/h8,10-12,15,23H,14,16H2,1-7H3/b10-8+. The highest BCUT2D eigenvalue weighted by molar-refractivity contribution is 5.34. The maximum atomic E-state index is 10.3. The van der Waals surface area contributed by atoms with Crippen LogP contribution in [0, 0.1) is 24.2 Å². The summed E-state index contributed by atoms with van der Waals surface area (Å²) in [6.07, 6.45) is 4.02. The van der Waals surface area contributed by atoms with E-state index in [2.05, 4.69) is 68.8 Å². The topological polar surface area (TPSA) is 23.5 Å². The summed E-state index contributed by atoms with van der Waals surface area (Å²) in [7, 11) is 2.09. The van der Waals surface area contributed by atoms with E-state index in [9.17, 15) is 5.11 Å². The minimum Gasteiger partial charge on any atom is -0.386 e. The molecule has 0 unspecified atom stereocenters. The van der Waals surface area contributed by atoms with Crippen LogP contribution in [-0.4, -0.2) is 23.6 Å². The molecule has 1 N–H and O–H groups in total. The molecule has 0 fully saturated rings. The Morgan fingerprint density at radius 2 is 1.83 bits per heavy atom. The van der Waals surface area contributed by atoms with Gasteiger partial charge in [-0.25, -0.2) is 0 Å². The van der Waals surface area contributed by atoms with Crippen molar-refractivity contribution in [3.05, 3.63) is 47.0 Å². The van der Waals surface area contributed by atoms with E-state index >= 15 is 0 Å². The van der Waals surface area contributed by atoms with Gasteiger partial charge in [-0.15, -0.1) is 0 Å². The molecule has 2 nitrogen and oxygen atoms in total. The van der Waals surface area contributed by atoms with Crippen LogP contribution in [0.1, 0.15) is 51.3 Å². The average Bonchev–Trinajstić information content (AvgIpc) is 2.38. The van der Waals surface area contributed by atoms with Crippen LogP contribution >= 0.6 is 0 Å². The first-order valence-electron chi connectivity index (χ1n) is 8.18. The number of likely N-dealkylation sites (N-methyl/N-ethyl adjacent to an activating group) is 1. The van der Waals surface area contributed by atoms with Gasteiger partial charge in [0, 0.05) is 18.5 Å². The fourth-order valence-electron chi connectivity index (χ4n) is 2.35. The van der Waals surface area contributed by atoms with Gasteiger partial charge < -0.3 is 5.11 Å². The lowest BCUT2D eigenvalue weighted by atomic mass is 9.92. The van der Waals surface area contributed by atoms with E-state index in [0.717, 1.165) is 24.2 Å². The van der Waals surface area contributed by atoms with Crippen LogP contribution in [0.15, 0.2) is 30.4 Å². The molecule has 0 aromatic heterocycles. The van der Waals surface area contributed by atoms with Crippen LogP contribution in [0.5, 0.6) is 0 Å². The summed E-state index contributed by atoms with van der Waals surface area (Å²) in [5, 5.41) is 10.3. The second-order valence-corrected chi connectivity index (χ2v) is 7.83. The molecule has 0 heterocycles. The average molecular weight is 313 g/mol. The quantitative estimate of drug-likeness (QED) is 0.821. The van der Waals surface area contributed by atoms with Gasteiger partial charge in [0.2, 0.25) is 0 Å². The van der Waals surface area contributed by atoms with E-state index in [-0.39, 0.29) is 5.41 Å². The molecule has 1 rings (SSSR count). The highest BCUT2D eigenvalue weighted by Crippen LogP contribution is 2.24. The predicted molar refractivity (Wildman–Crippen MR) is 99.1 cm³/mol. The highest BCUT2D eigenvalue weighted by Gasteiger charge is 2.18. The van der Waals surface area contributed by atoms with Crippen molar-refractivity contribution >= 4 is 0 Å². The number of aliphatic hydroxyl groups is 1. The number of benzene rings is 1. The third kappa shape index (κ3) is 7.50. The summed E-state index contributed by atoms with van der Waals surface area (Å²) in [5.41, 5.74) is 2.58. The van der Waals surface area contributed by atoms with Crippen molar-refractivity contribution in [2.45, 2.75) is 53.7 Å². The van der Waals surface area contributed by atoms with E-state index in [4.69, 9.17) is 0 Å². The summed E-state index contributed by atoms with van der Waals surface area (Å²) in [5.74, 6) is 6.28. The maximum Gasteiger partial charge on any atom is 0.0843 e. The van der Waals surface area contributed by atoms with Crippen molar-refractivity contribution in [3.63, 3.8) is 0 Å². The van der Waals surface area contributed by atoms with Crippen LogP contribution in [0.4, 0.5) is 0 Å². The minimum atomic E-state index is -0.804. The van der Waals surface area contributed by atoms with Gasteiger partial charge in [-0.3, -0.25) is 4.90 Å². The van der Waals surface area contributed by atoms with Gasteiger partial charge >= 0.3 is 0 Å². The summed E-state index contributed by atoms with van der Waals surface area (Å²) in [4.78, 5) is 2.23. The molecular weight excluding hydrogens is 282 g/mol. The van der Waals surface area contributed by atoms with Crippen LogP contribution in [0.2, 0.25) is 0 Å². The number of hydrogen-bond acceptors (Lipinski definition) is 2. The lowest BCUT2D eigenvalue weighted by molar-refractivity contribution is 0.0778. The van der Waals surface area contributed by atoms with E-state index in [0.29, 0.717) is 0 Å². The molecule has 126 valence electrons. The summed E-state index contributed by atoms with van der Waals surface area (Å²) >= 11 is 0. The third-order valence-corrected chi connectivity index (χ3v) is 3.48. The van der Waals surface area contributed by atoms with E-state index < -0.39 is 5.60 Å². The van der Waals surface area contributed by atoms with Crippen molar-refractivity contribution in [2.24, 2.45) is 5.41 Å². The maximum absolute atomic E-state index is 10.3. The molecule has 2 heteroatoms. The van der Waals surface area contributed by atoms with Crippen molar-refractivity contribution in [1.82, 2.24) is 4.90 Å². The number of rotatable bonds is 5. The highest BCUT2D eigenvalue weighted by atomic mass is 16.3. The van der Waals surface area contributed by atoms with Gasteiger partial charge in [0.15, 0.2) is 0 Å². The fourth-order valence-corrected chi connectivity index (χ4v) is 2.35. The fraction of sp³-hybridized carbons (Fsp3) is 0.524. The second-order valence-electron chi connectivity index (χ2n) is 7.83. The molecule has 0 bridgehead atoms. The zero-order chi connectivity index (χ0) is 17.7. The van der Waals surface area contributed by atoms with Crippen molar-refractivity contribution in [1.29, 1.82) is 0 Å². The summed E-state index contributed by atoms with van der Waals surface area (Å²) in [6.45, 7) is 13.7. The molecule has 0 spiro atoms. The van der Waals surface area contributed by atoms with E-state index in [1.54, 1.807) is 0 Å². The van der Waals surface area contributed by atoms with Gasteiger partial charge in [-0.2, -0.15) is 0 Å². The first-order valence-corrected chi connectivity index (χ1v) is 8.18. The lowest BCUT2D eigenvalue weighted by Gasteiger charge is -2.22. The molecule has 1 aromatic carbocycles. The predicted octanol–water partition coefficient (Wildman–Crippen LogP) is 4.26. The Kier molecular flexibility index (Phi) is 6.62. The molecular formula is C21H31NO. The molecule has 23 heavy (non-hydrogen) atoms. The van der Waals surface area contributed by atoms with E-state index in [1.165, 1.54) is 5.56 Å². The van der Waals surface area contributed by atoms with Gasteiger partial charge in [0.05, 0.1) is 5.60 Å². The summed E-state index contributed by atoms with van der Waals surface area (Å²) < 4.78 is 0. The number of allylic oxidation sites excluding steroid dienone is 1. The molecule has 0 aliphatic carbocycles. The van der Waals surface area contributed by atoms with Crippen LogP contribution in [0.3, 0.4) is 0 Å². The van der Waals surface area contributed by atoms with Crippen molar-refractivity contribution in [3.8, 4) is 11.8 Å². The first kappa shape index (κ1) is 19.5. The molecule has 0 aliphatic rings. The Labute approximate surface area is 142 Å². The smallest absolute Gasteiger partial charge is 0.0843 e. The lowest BCUT2D eigenvalue weighted by Crippen LogP contribution is -2.20. The van der Waals surface area contributed by atoms with Crippen LogP contribution < -0.4 is 0 Å². The zero-order valence-corrected chi connectivity index (χ0v) is 15.7. The first-order chi connectivity index (χ1) is 10.5. The Morgan fingerprint density at radius 3 is 2.39 bits per heavy atom. The third-order valence-electron chi connectivity index (χ3n) is 3.48. The van der Waals surface area contributed by atoms with Crippen molar-refractivity contribution < 1.29 is 5.11 Å². The van der Waals surface area contributed by atoms with E-state index in [1.807, 2.05) is 26.8 Å². The molecule has 0 aliphatic heterocycles. The van der Waals surface area contributed by atoms with Crippen molar-refractivity contribution in [2.75, 3.05) is 13.6 Å².